The van der Waals surface area contributed by atoms with E-state index in [2.05, 4.69) is 12.2 Å². The lowest BCUT2D eigenvalue weighted by molar-refractivity contribution is -0.143. The van der Waals surface area contributed by atoms with E-state index in [-0.39, 0.29) is 36.6 Å². The van der Waals surface area contributed by atoms with Crippen LogP contribution in [0.3, 0.4) is 0 Å². The van der Waals surface area contributed by atoms with Crippen molar-refractivity contribution in [2.45, 2.75) is 39.5 Å². The molecule has 0 aromatic carbocycles. The number of hydrogen-bond acceptors (Lipinski definition) is 3. The van der Waals surface area contributed by atoms with Gasteiger partial charge in [-0.15, -0.1) is 0 Å². The van der Waals surface area contributed by atoms with Crippen molar-refractivity contribution in [3.05, 3.63) is 0 Å². The van der Waals surface area contributed by atoms with Crippen LogP contribution in [0.2, 0.25) is 0 Å². The SMILES string of the molecule is CCCCCNC(=O)CN1C(=O)CC(C)C1=O. The van der Waals surface area contributed by atoms with Crippen molar-refractivity contribution in [2.75, 3.05) is 13.1 Å². The summed E-state index contributed by atoms with van der Waals surface area (Å²) in [6, 6.07) is 0. The zero-order chi connectivity index (χ0) is 12.8. The van der Waals surface area contributed by atoms with Crippen LogP contribution < -0.4 is 5.32 Å². The summed E-state index contributed by atoms with van der Waals surface area (Å²) in [5, 5.41) is 2.72. The molecule has 1 heterocycles. The van der Waals surface area contributed by atoms with Crippen molar-refractivity contribution >= 4 is 17.7 Å². The van der Waals surface area contributed by atoms with Gasteiger partial charge < -0.3 is 5.32 Å². The van der Waals surface area contributed by atoms with Gasteiger partial charge in [0.05, 0.1) is 0 Å². The second-order valence-electron chi connectivity index (χ2n) is 4.48. The molecule has 1 saturated heterocycles. The molecule has 1 atom stereocenters. The summed E-state index contributed by atoms with van der Waals surface area (Å²) in [7, 11) is 0. The van der Waals surface area contributed by atoms with E-state index >= 15 is 0 Å². The highest BCUT2D eigenvalue weighted by Crippen LogP contribution is 2.17. The van der Waals surface area contributed by atoms with Crippen LogP contribution in [0.15, 0.2) is 0 Å². The van der Waals surface area contributed by atoms with Crippen molar-refractivity contribution in [3.63, 3.8) is 0 Å². The van der Waals surface area contributed by atoms with Gasteiger partial charge in [-0.2, -0.15) is 0 Å². The molecule has 17 heavy (non-hydrogen) atoms. The molecule has 0 radical (unpaired) electrons. The molecule has 1 rings (SSSR count). The normalized spacial score (nSPS) is 19.9. The summed E-state index contributed by atoms with van der Waals surface area (Å²) in [5.74, 6) is -1.02. The first-order chi connectivity index (χ1) is 8.06. The molecule has 0 spiro atoms. The van der Waals surface area contributed by atoms with E-state index in [1.807, 2.05) is 0 Å². The zero-order valence-electron chi connectivity index (χ0n) is 10.5. The standard InChI is InChI=1S/C12H20N2O3/c1-3-4-5-6-13-10(15)8-14-11(16)7-9(2)12(14)17/h9H,3-8H2,1-2H3,(H,13,15). The lowest BCUT2D eigenvalue weighted by atomic mass is 10.1. The lowest BCUT2D eigenvalue weighted by Gasteiger charge is -2.13. The van der Waals surface area contributed by atoms with Crippen LogP contribution in [0.25, 0.3) is 0 Å². The Bertz CT molecular complexity index is 315. The number of amides is 3. The van der Waals surface area contributed by atoms with E-state index in [9.17, 15) is 14.4 Å². The maximum Gasteiger partial charge on any atom is 0.240 e. The van der Waals surface area contributed by atoms with Gasteiger partial charge in [-0.25, -0.2) is 0 Å². The Morgan fingerprint density at radius 2 is 2.12 bits per heavy atom. The van der Waals surface area contributed by atoms with Gasteiger partial charge in [-0.1, -0.05) is 26.7 Å². The average Bonchev–Trinajstić information content (AvgIpc) is 2.52. The highest BCUT2D eigenvalue weighted by atomic mass is 16.2. The minimum absolute atomic E-state index is 0.131. The predicted molar refractivity (Wildman–Crippen MR) is 63.0 cm³/mol. The van der Waals surface area contributed by atoms with Gasteiger partial charge in [0.2, 0.25) is 17.7 Å². The molecule has 0 saturated carbocycles. The van der Waals surface area contributed by atoms with Crippen LogP contribution in [0, 0.1) is 5.92 Å². The number of nitrogens with zero attached hydrogens (tertiary/aromatic N) is 1. The number of nitrogens with one attached hydrogen (secondary N) is 1. The quantitative estimate of drug-likeness (QED) is 0.548. The molecule has 5 heteroatoms. The number of rotatable bonds is 6. The molecular formula is C12H20N2O3. The number of carbonyl (C=O) groups excluding carboxylic acids is 3. The number of hydrogen-bond donors (Lipinski definition) is 1. The molecule has 0 aromatic heterocycles. The Morgan fingerprint density at radius 1 is 1.41 bits per heavy atom. The highest BCUT2D eigenvalue weighted by molar-refractivity contribution is 6.05. The van der Waals surface area contributed by atoms with E-state index in [1.54, 1.807) is 6.92 Å². The summed E-state index contributed by atoms with van der Waals surface area (Å²) < 4.78 is 0. The van der Waals surface area contributed by atoms with Crippen molar-refractivity contribution < 1.29 is 14.4 Å². The Labute approximate surface area is 102 Å². The molecule has 1 N–H and O–H groups in total. The van der Waals surface area contributed by atoms with Crippen molar-refractivity contribution in [2.24, 2.45) is 5.92 Å². The van der Waals surface area contributed by atoms with Crippen LogP contribution in [-0.2, 0) is 14.4 Å². The van der Waals surface area contributed by atoms with Gasteiger partial charge in [0, 0.05) is 18.9 Å². The van der Waals surface area contributed by atoms with Gasteiger partial charge in [0.15, 0.2) is 0 Å². The van der Waals surface area contributed by atoms with Gasteiger partial charge in [0.1, 0.15) is 6.54 Å². The number of carbonyl (C=O) groups is 3. The highest BCUT2D eigenvalue weighted by Gasteiger charge is 2.36. The maximum absolute atomic E-state index is 11.6. The molecule has 0 bridgehead atoms. The molecule has 3 amide bonds. The molecule has 5 nitrogen and oxygen atoms in total. The van der Waals surface area contributed by atoms with Crippen LogP contribution in [-0.4, -0.2) is 35.7 Å². The molecule has 1 aliphatic heterocycles. The lowest BCUT2D eigenvalue weighted by Crippen LogP contribution is -2.40. The third-order valence-electron chi connectivity index (χ3n) is 2.87. The van der Waals surface area contributed by atoms with Crippen LogP contribution >= 0.6 is 0 Å². The summed E-state index contributed by atoms with van der Waals surface area (Å²) in [6.45, 7) is 4.27. The zero-order valence-corrected chi connectivity index (χ0v) is 10.5. The number of unbranched alkanes of at least 4 members (excludes halogenated alkanes) is 2. The molecule has 1 aliphatic rings. The first-order valence-corrected chi connectivity index (χ1v) is 6.17. The smallest absolute Gasteiger partial charge is 0.240 e. The molecular weight excluding hydrogens is 220 g/mol. The van der Waals surface area contributed by atoms with Gasteiger partial charge in [-0.05, 0) is 6.42 Å². The summed E-state index contributed by atoms with van der Waals surface area (Å²) in [5.41, 5.74) is 0. The largest absolute Gasteiger partial charge is 0.355 e. The first-order valence-electron chi connectivity index (χ1n) is 6.17. The van der Waals surface area contributed by atoms with Gasteiger partial charge in [-0.3, -0.25) is 19.3 Å². The Kier molecular flexibility index (Phi) is 5.12. The average molecular weight is 240 g/mol. The van der Waals surface area contributed by atoms with Crippen LogP contribution in [0.4, 0.5) is 0 Å². The third kappa shape index (κ3) is 3.84. The fourth-order valence-electron chi connectivity index (χ4n) is 1.82. The minimum atomic E-state index is -0.282. The second-order valence-corrected chi connectivity index (χ2v) is 4.48. The van der Waals surface area contributed by atoms with E-state index in [0.29, 0.717) is 6.54 Å². The van der Waals surface area contributed by atoms with Crippen LogP contribution in [0.1, 0.15) is 39.5 Å². The predicted octanol–water partition coefficient (Wildman–Crippen LogP) is 0.688. The summed E-state index contributed by atoms with van der Waals surface area (Å²) in [6.07, 6.45) is 3.32. The maximum atomic E-state index is 11.6. The molecule has 0 aromatic rings. The molecule has 96 valence electrons. The van der Waals surface area contributed by atoms with E-state index in [4.69, 9.17) is 0 Å². The Morgan fingerprint density at radius 3 is 2.65 bits per heavy atom. The Hall–Kier alpha value is -1.39. The third-order valence-corrected chi connectivity index (χ3v) is 2.87. The van der Waals surface area contributed by atoms with Crippen molar-refractivity contribution in [1.82, 2.24) is 10.2 Å². The second kappa shape index (κ2) is 6.37. The minimum Gasteiger partial charge on any atom is -0.355 e. The van der Waals surface area contributed by atoms with E-state index in [1.165, 1.54) is 0 Å². The van der Waals surface area contributed by atoms with Gasteiger partial charge in [0.25, 0.3) is 0 Å². The van der Waals surface area contributed by atoms with Crippen molar-refractivity contribution in [1.29, 1.82) is 0 Å². The summed E-state index contributed by atoms with van der Waals surface area (Å²) >= 11 is 0. The number of imide groups is 1. The van der Waals surface area contributed by atoms with E-state index in [0.717, 1.165) is 24.2 Å². The monoisotopic (exact) mass is 240 g/mol. The molecule has 1 unspecified atom stereocenters. The fraction of sp³-hybridized carbons (Fsp3) is 0.750. The molecule has 1 fully saturated rings. The van der Waals surface area contributed by atoms with E-state index < -0.39 is 0 Å². The first kappa shape index (κ1) is 13.7. The molecule has 0 aliphatic carbocycles. The van der Waals surface area contributed by atoms with Gasteiger partial charge >= 0.3 is 0 Å². The van der Waals surface area contributed by atoms with Crippen LogP contribution in [0.5, 0.6) is 0 Å². The fourth-order valence-corrected chi connectivity index (χ4v) is 1.82. The Balaban J connectivity index is 2.31. The topological polar surface area (TPSA) is 66.5 Å². The number of likely N-dealkylation sites (tertiary alicyclic amines) is 1. The van der Waals surface area contributed by atoms with Crippen molar-refractivity contribution in [3.8, 4) is 0 Å². The summed E-state index contributed by atoms with van der Waals surface area (Å²) in [4.78, 5) is 35.5.